The van der Waals surface area contributed by atoms with E-state index < -0.39 is 12.0 Å². The van der Waals surface area contributed by atoms with E-state index in [0.29, 0.717) is 49.8 Å². The zero-order valence-corrected chi connectivity index (χ0v) is 23.1. The lowest BCUT2D eigenvalue weighted by molar-refractivity contribution is -0.139. The molecule has 0 saturated carbocycles. The summed E-state index contributed by atoms with van der Waals surface area (Å²) in [5, 5.41) is 0. The number of carbonyl (C=O) groups excluding carboxylic acids is 1. The van der Waals surface area contributed by atoms with Gasteiger partial charge in [0, 0.05) is 25.2 Å². The molecule has 37 heavy (non-hydrogen) atoms. The van der Waals surface area contributed by atoms with Crippen LogP contribution in [0.4, 0.5) is 5.88 Å². The number of furan rings is 1. The first-order chi connectivity index (χ1) is 17.9. The van der Waals surface area contributed by atoms with Gasteiger partial charge in [-0.05, 0) is 53.5 Å². The van der Waals surface area contributed by atoms with Crippen LogP contribution in [0.2, 0.25) is 0 Å². The highest BCUT2D eigenvalue weighted by molar-refractivity contribution is 9.10. The lowest BCUT2D eigenvalue weighted by Crippen LogP contribution is -2.39. The molecule has 0 bridgehead atoms. The first kappa shape index (κ1) is 25.5. The number of thiazole rings is 1. The highest BCUT2D eigenvalue weighted by Gasteiger charge is 2.33. The molecule has 1 atom stereocenters. The summed E-state index contributed by atoms with van der Waals surface area (Å²) in [7, 11) is 1.58. The number of carbonyl (C=O) groups is 1. The van der Waals surface area contributed by atoms with Crippen LogP contribution < -0.4 is 24.5 Å². The van der Waals surface area contributed by atoms with Crippen LogP contribution in [0.15, 0.2) is 60.3 Å². The Morgan fingerprint density at radius 2 is 2.05 bits per heavy atom. The second-order valence-corrected chi connectivity index (χ2v) is 10.3. The van der Waals surface area contributed by atoms with E-state index in [1.54, 1.807) is 37.7 Å². The minimum atomic E-state index is -0.708. The molecule has 0 unspecified atom stereocenters. The molecule has 4 heterocycles. The van der Waals surface area contributed by atoms with Crippen LogP contribution in [0.3, 0.4) is 0 Å². The summed E-state index contributed by atoms with van der Waals surface area (Å²) in [5.74, 6) is 1.44. The summed E-state index contributed by atoms with van der Waals surface area (Å²) in [4.78, 5) is 34.0. The third kappa shape index (κ3) is 4.90. The van der Waals surface area contributed by atoms with E-state index in [-0.39, 0.29) is 12.2 Å². The van der Waals surface area contributed by atoms with Gasteiger partial charge in [-0.1, -0.05) is 17.4 Å². The summed E-state index contributed by atoms with van der Waals surface area (Å²) in [5.41, 5.74) is 1.30. The van der Waals surface area contributed by atoms with Gasteiger partial charge in [0.15, 0.2) is 10.7 Å². The van der Waals surface area contributed by atoms with Crippen LogP contribution in [-0.2, 0) is 14.3 Å². The molecule has 3 aromatic rings. The quantitative estimate of drug-likeness (QED) is 0.409. The number of anilines is 1. The molecule has 5 rings (SSSR count). The minimum Gasteiger partial charge on any atom is -0.496 e. The average Bonchev–Trinajstić information content (AvgIpc) is 3.48. The maximum absolute atomic E-state index is 13.8. The van der Waals surface area contributed by atoms with Crippen molar-refractivity contribution in [1.29, 1.82) is 0 Å². The van der Waals surface area contributed by atoms with Crippen molar-refractivity contribution >= 4 is 45.2 Å². The third-order valence-corrected chi connectivity index (χ3v) is 7.82. The maximum atomic E-state index is 13.8. The molecule has 0 spiro atoms. The molecule has 1 aromatic carbocycles. The molecule has 0 amide bonds. The Morgan fingerprint density at radius 1 is 1.27 bits per heavy atom. The van der Waals surface area contributed by atoms with Crippen molar-refractivity contribution in [2.75, 3.05) is 44.9 Å². The number of methoxy groups -OCH3 is 1. The van der Waals surface area contributed by atoms with E-state index in [4.69, 9.17) is 18.6 Å². The Balaban J connectivity index is 1.62. The van der Waals surface area contributed by atoms with Crippen molar-refractivity contribution in [2.45, 2.75) is 19.9 Å². The normalized spacial score (nSPS) is 18.0. The number of halogens is 1. The van der Waals surface area contributed by atoms with Crippen molar-refractivity contribution in [2.24, 2.45) is 4.99 Å². The molecule has 0 aliphatic carbocycles. The number of rotatable bonds is 6. The Kier molecular flexibility index (Phi) is 7.36. The van der Waals surface area contributed by atoms with Crippen molar-refractivity contribution in [3.05, 3.63) is 77.1 Å². The highest BCUT2D eigenvalue weighted by atomic mass is 79.9. The van der Waals surface area contributed by atoms with Gasteiger partial charge >= 0.3 is 5.97 Å². The number of fused-ring (bicyclic) bond motifs is 1. The maximum Gasteiger partial charge on any atom is 0.338 e. The summed E-state index contributed by atoms with van der Waals surface area (Å²) in [6, 6.07) is 8.51. The predicted octanol–water partition coefficient (Wildman–Crippen LogP) is 3.00. The fourth-order valence-electron chi connectivity index (χ4n) is 4.46. The molecule has 9 nitrogen and oxygen atoms in total. The van der Waals surface area contributed by atoms with Gasteiger partial charge in [0.25, 0.3) is 5.56 Å². The Morgan fingerprint density at radius 3 is 2.76 bits per heavy atom. The van der Waals surface area contributed by atoms with Gasteiger partial charge in [0.1, 0.15) is 11.5 Å². The highest BCUT2D eigenvalue weighted by Crippen LogP contribution is 2.35. The van der Waals surface area contributed by atoms with Crippen LogP contribution in [0, 0.1) is 0 Å². The first-order valence-electron chi connectivity index (χ1n) is 11.9. The molecule has 2 aliphatic heterocycles. The van der Waals surface area contributed by atoms with E-state index in [1.165, 1.54) is 11.3 Å². The number of aromatic nitrogens is 1. The number of benzene rings is 1. The Labute approximate surface area is 225 Å². The molecule has 1 saturated heterocycles. The number of hydrogen-bond acceptors (Lipinski definition) is 9. The second kappa shape index (κ2) is 10.7. The van der Waals surface area contributed by atoms with Gasteiger partial charge in [-0.3, -0.25) is 9.36 Å². The van der Waals surface area contributed by atoms with Gasteiger partial charge in [-0.15, -0.1) is 0 Å². The predicted molar refractivity (Wildman–Crippen MR) is 143 cm³/mol. The zero-order valence-electron chi connectivity index (χ0n) is 20.7. The van der Waals surface area contributed by atoms with Gasteiger partial charge in [0.2, 0.25) is 0 Å². The van der Waals surface area contributed by atoms with Gasteiger partial charge in [0.05, 0.1) is 53.2 Å². The van der Waals surface area contributed by atoms with Crippen LogP contribution in [0.5, 0.6) is 5.75 Å². The van der Waals surface area contributed by atoms with Crippen LogP contribution >= 0.6 is 27.3 Å². The van der Waals surface area contributed by atoms with Crippen molar-refractivity contribution in [1.82, 2.24) is 4.57 Å². The summed E-state index contributed by atoms with van der Waals surface area (Å²) in [6.45, 7) is 6.52. The fraction of sp³-hybridized carbons (Fsp3) is 0.346. The lowest BCUT2D eigenvalue weighted by Gasteiger charge is -2.26. The van der Waals surface area contributed by atoms with Crippen LogP contribution in [0.1, 0.15) is 31.2 Å². The number of morpholine rings is 1. The molecular formula is C26H26BrN3O6S. The summed E-state index contributed by atoms with van der Waals surface area (Å²) in [6.07, 6.45) is 1.72. The fourth-order valence-corrected chi connectivity index (χ4v) is 6.05. The minimum absolute atomic E-state index is 0.211. The SMILES string of the molecule is CCOC(=O)C1=C(C)N=c2sc(=Cc3ccc(N4CCOCC4)o3)c(=O)n2[C@H]1c1ccc(OC)c(Br)c1. The molecular weight excluding hydrogens is 562 g/mol. The van der Waals surface area contributed by atoms with E-state index in [1.807, 2.05) is 24.3 Å². The van der Waals surface area contributed by atoms with Crippen LogP contribution in [-0.4, -0.2) is 50.6 Å². The molecule has 0 N–H and O–H groups in total. The first-order valence-corrected chi connectivity index (χ1v) is 13.5. The Bertz CT molecular complexity index is 1550. The van der Waals surface area contributed by atoms with Crippen LogP contribution in [0.25, 0.3) is 6.08 Å². The molecule has 11 heteroatoms. The van der Waals surface area contributed by atoms with E-state index in [9.17, 15) is 9.59 Å². The molecule has 194 valence electrons. The Hall–Kier alpha value is -3.15. The number of nitrogens with zero attached hydrogens (tertiary/aromatic N) is 3. The monoisotopic (exact) mass is 587 g/mol. The van der Waals surface area contributed by atoms with Crippen molar-refractivity contribution < 1.29 is 23.4 Å². The lowest BCUT2D eigenvalue weighted by atomic mass is 9.96. The smallest absolute Gasteiger partial charge is 0.338 e. The van der Waals surface area contributed by atoms with Gasteiger partial charge in [-0.25, -0.2) is 9.79 Å². The van der Waals surface area contributed by atoms with E-state index in [0.717, 1.165) is 24.5 Å². The van der Waals surface area contributed by atoms with Crippen molar-refractivity contribution in [3.8, 4) is 5.75 Å². The third-order valence-electron chi connectivity index (χ3n) is 6.22. The molecule has 0 radical (unpaired) electrons. The summed E-state index contributed by atoms with van der Waals surface area (Å²) < 4.78 is 24.9. The van der Waals surface area contributed by atoms with Gasteiger partial charge in [-0.2, -0.15) is 0 Å². The summed E-state index contributed by atoms with van der Waals surface area (Å²) >= 11 is 4.78. The van der Waals surface area contributed by atoms with Crippen molar-refractivity contribution in [3.63, 3.8) is 0 Å². The zero-order chi connectivity index (χ0) is 26.1. The number of ether oxygens (including phenoxy) is 3. The standard InChI is InChI=1S/C26H26BrN3O6S/c1-4-35-25(32)22-15(2)28-26-30(23(22)16-5-7-19(33-3)18(27)13-16)24(31)20(37-26)14-17-6-8-21(36-17)29-9-11-34-12-10-29/h5-8,13-14,23H,4,9-12H2,1-3H3/t23-/m0/s1. The number of allylic oxidation sites excluding steroid dienone is 1. The molecule has 2 aromatic heterocycles. The number of esters is 1. The number of hydrogen-bond donors (Lipinski definition) is 0. The molecule has 1 fully saturated rings. The van der Waals surface area contributed by atoms with Gasteiger partial charge < -0.3 is 23.5 Å². The largest absolute Gasteiger partial charge is 0.496 e. The average molecular weight is 588 g/mol. The van der Waals surface area contributed by atoms with E-state index in [2.05, 4.69) is 25.8 Å². The second-order valence-electron chi connectivity index (χ2n) is 8.47. The topological polar surface area (TPSA) is 95.5 Å². The van der Waals surface area contributed by atoms with E-state index >= 15 is 0 Å². The molecule has 2 aliphatic rings.